The molecule has 3 aromatic carbocycles. The van der Waals surface area contributed by atoms with E-state index in [1.807, 2.05) is 48.5 Å². The minimum atomic E-state index is -0.202. The van der Waals surface area contributed by atoms with Gasteiger partial charge in [-0.2, -0.15) is 0 Å². The first-order valence-electron chi connectivity index (χ1n) is 13.2. The molecular weight excluding hydrogens is 460 g/mol. The van der Waals surface area contributed by atoms with E-state index < -0.39 is 0 Å². The maximum atomic E-state index is 13.8. The summed E-state index contributed by atoms with van der Waals surface area (Å²) in [5.41, 5.74) is 4.50. The molecule has 4 aromatic rings. The van der Waals surface area contributed by atoms with Crippen molar-refractivity contribution in [3.8, 4) is 22.5 Å². The Bertz CT molecular complexity index is 1450. The van der Waals surface area contributed by atoms with Crippen LogP contribution in [0.1, 0.15) is 32.3 Å². The highest BCUT2D eigenvalue weighted by atomic mass is 16.2. The lowest BCUT2D eigenvalue weighted by Gasteiger charge is -2.18. The van der Waals surface area contributed by atoms with Crippen LogP contribution >= 0.6 is 0 Å². The lowest BCUT2D eigenvalue weighted by atomic mass is 10.0. The lowest BCUT2D eigenvalue weighted by Crippen LogP contribution is -2.34. The van der Waals surface area contributed by atoms with Crippen molar-refractivity contribution in [2.24, 2.45) is 5.92 Å². The molecule has 1 fully saturated rings. The fraction of sp³-hybridized carbons (Fsp3) is 0.323. The molecule has 1 heterocycles. The van der Waals surface area contributed by atoms with E-state index >= 15 is 0 Å². The summed E-state index contributed by atoms with van der Waals surface area (Å²) in [4.78, 5) is 33.8. The zero-order valence-electron chi connectivity index (χ0n) is 21.6. The van der Waals surface area contributed by atoms with Crippen molar-refractivity contribution in [3.63, 3.8) is 0 Å². The lowest BCUT2D eigenvalue weighted by molar-refractivity contribution is -0.121. The number of nitrogens with one attached hydrogen (secondary N) is 1. The maximum Gasteiger partial charge on any atom is 0.262 e. The van der Waals surface area contributed by atoms with E-state index in [1.54, 1.807) is 0 Å². The molecule has 0 radical (unpaired) electrons. The number of rotatable bonds is 10. The second-order valence-corrected chi connectivity index (χ2v) is 9.83. The molecule has 0 aliphatic heterocycles. The average molecular weight is 495 g/mol. The molecule has 0 bridgehead atoms. The summed E-state index contributed by atoms with van der Waals surface area (Å²) in [6.07, 6.45) is 2.32. The number of benzene rings is 3. The number of carbonyl (C=O) groups excluding carboxylic acids is 1. The van der Waals surface area contributed by atoms with Gasteiger partial charge in [-0.1, -0.05) is 68.4 Å². The van der Waals surface area contributed by atoms with Crippen LogP contribution < -0.4 is 10.9 Å². The highest BCUT2D eigenvalue weighted by Crippen LogP contribution is 2.28. The molecule has 6 nitrogen and oxygen atoms in total. The van der Waals surface area contributed by atoms with Crippen LogP contribution in [0.2, 0.25) is 0 Å². The largest absolute Gasteiger partial charge is 0.354 e. The molecule has 5 rings (SSSR count). The van der Waals surface area contributed by atoms with E-state index in [4.69, 9.17) is 4.98 Å². The van der Waals surface area contributed by atoms with Crippen LogP contribution in [-0.4, -0.2) is 40.0 Å². The summed E-state index contributed by atoms with van der Waals surface area (Å²) in [6, 6.07) is 23.9. The van der Waals surface area contributed by atoms with Crippen molar-refractivity contribution >= 4 is 16.8 Å². The van der Waals surface area contributed by atoms with Gasteiger partial charge in [0.15, 0.2) is 0 Å². The number of hydrogen-bond donors (Lipinski definition) is 1. The van der Waals surface area contributed by atoms with Crippen molar-refractivity contribution in [2.45, 2.75) is 39.8 Å². The molecule has 190 valence electrons. The molecule has 1 N–H and O–H groups in total. The monoisotopic (exact) mass is 494 g/mol. The van der Waals surface area contributed by atoms with Crippen molar-refractivity contribution in [3.05, 3.63) is 88.7 Å². The third-order valence-electron chi connectivity index (χ3n) is 7.13. The fourth-order valence-electron chi connectivity index (χ4n) is 4.69. The first-order chi connectivity index (χ1) is 18.1. The summed E-state index contributed by atoms with van der Waals surface area (Å²) >= 11 is 0. The SMILES string of the molecule is CCN(CC)Cc1cccc(-c2ccc3nc(-c4ccccc4)n(CC(=O)NCC4CC4)c(=O)c3c2)c1. The Morgan fingerprint density at radius 2 is 1.68 bits per heavy atom. The van der Waals surface area contributed by atoms with E-state index in [9.17, 15) is 9.59 Å². The molecule has 1 amide bonds. The van der Waals surface area contributed by atoms with Crippen molar-refractivity contribution in [2.75, 3.05) is 19.6 Å². The zero-order valence-corrected chi connectivity index (χ0v) is 21.6. The third-order valence-corrected chi connectivity index (χ3v) is 7.13. The molecule has 1 aliphatic carbocycles. The van der Waals surface area contributed by atoms with Crippen molar-refractivity contribution < 1.29 is 4.79 Å². The molecule has 0 unspecified atom stereocenters. The predicted molar refractivity (Wildman–Crippen MR) is 149 cm³/mol. The second-order valence-electron chi connectivity index (χ2n) is 9.83. The molecular formula is C31H34N4O2. The number of aromatic nitrogens is 2. The zero-order chi connectivity index (χ0) is 25.8. The summed E-state index contributed by atoms with van der Waals surface area (Å²) in [7, 11) is 0. The van der Waals surface area contributed by atoms with Gasteiger partial charge in [-0.15, -0.1) is 0 Å². The first kappa shape index (κ1) is 24.9. The summed E-state index contributed by atoms with van der Waals surface area (Å²) in [5.74, 6) is 0.922. The van der Waals surface area contributed by atoms with Crippen molar-refractivity contribution in [1.82, 2.24) is 19.8 Å². The van der Waals surface area contributed by atoms with Crippen LogP contribution in [0.5, 0.6) is 0 Å². The second kappa shape index (κ2) is 11.1. The third kappa shape index (κ3) is 5.81. The summed E-state index contributed by atoms with van der Waals surface area (Å²) in [5, 5.41) is 3.50. The standard InChI is InChI=1S/C31H34N4O2/c1-3-34(4-2)20-23-9-8-12-25(17-23)26-15-16-28-27(18-26)31(37)35(21-29(36)32-19-22-13-14-22)30(33-28)24-10-6-5-7-11-24/h5-12,15-18,22H,3-4,13-14,19-21H2,1-2H3,(H,32,36). The van der Waals surface area contributed by atoms with Crippen LogP contribution in [0.15, 0.2) is 77.6 Å². The van der Waals surface area contributed by atoms with Crippen LogP contribution in [0.3, 0.4) is 0 Å². The highest BCUT2D eigenvalue weighted by molar-refractivity contribution is 5.86. The minimum absolute atomic E-state index is 0.0533. The summed E-state index contributed by atoms with van der Waals surface area (Å²) < 4.78 is 1.51. The number of amides is 1. The van der Waals surface area contributed by atoms with Gasteiger partial charge >= 0.3 is 0 Å². The number of fused-ring (bicyclic) bond motifs is 1. The Morgan fingerprint density at radius 3 is 2.41 bits per heavy atom. The Kier molecular flexibility index (Phi) is 7.47. The first-order valence-corrected chi connectivity index (χ1v) is 13.2. The molecule has 1 aliphatic rings. The van der Waals surface area contributed by atoms with Crippen LogP contribution in [0, 0.1) is 5.92 Å². The number of carbonyl (C=O) groups is 1. The number of hydrogen-bond acceptors (Lipinski definition) is 4. The van der Waals surface area contributed by atoms with E-state index in [1.165, 1.54) is 10.1 Å². The normalized spacial score (nSPS) is 13.3. The van der Waals surface area contributed by atoms with Crippen LogP contribution in [0.4, 0.5) is 0 Å². The van der Waals surface area contributed by atoms with Crippen LogP contribution in [-0.2, 0) is 17.9 Å². The number of nitrogens with zero attached hydrogens (tertiary/aromatic N) is 3. The van der Waals surface area contributed by atoms with Gasteiger partial charge in [0, 0.05) is 18.7 Å². The minimum Gasteiger partial charge on any atom is -0.354 e. The van der Waals surface area contributed by atoms with Gasteiger partial charge in [-0.05, 0) is 66.7 Å². The van der Waals surface area contributed by atoms with Crippen LogP contribution in [0.25, 0.3) is 33.4 Å². The van der Waals surface area contributed by atoms with E-state index in [0.29, 0.717) is 29.2 Å². The molecule has 6 heteroatoms. The average Bonchev–Trinajstić information content (AvgIpc) is 3.77. The van der Waals surface area contributed by atoms with Gasteiger partial charge in [0.25, 0.3) is 5.56 Å². The predicted octanol–water partition coefficient (Wildman–Crippen LogP) is 5.10. The Labute approximate surface area is 218 Å². The van der Waals surface area contributed by atoms with E-state index in [-0.39, 0.29) is 18.0 Å². The Balaban J connectivity index is 1.54. The molecule has 1 aromatic heterocycles. The molecule has 37 heavy (non-hydrogen) atoms. The molecule has 0 spiro atoms. The molecule has 1 saturated carbocycles. The Morgan fingerprint density at radius 1 is 0.946 bits per heavy atom. The van der Waals surface area contributed by atoms with Gasteiger partial charge in [0.2, 0.25) is 5.91 Å². The van der Waals surface area contributed by atoms with E-state index in [0.717, 1.165) is 49.2 Å². The fourth-order valence-corrected chi connectivity index (χ4v) is 4.69. The maximum absolute atomic E-state index is 13.8. The van der Waals surface area contributed by atoms with Gasteiger partial charge in [0.05, 0.1) is 10.9 Å². The van der Waals surface area contributed by atoms with Gasteiger partial charge in [-0.3, -0.25) is 19.1 Å². The highest BCUT2D eigenvalue weighted by Gasteiger charge is 2.22. The quantitative estimate of drug-likeness (QED) is 0.333. The summed E-state index contributed by atoms with van der Waals surface area (Å²) in [6.45, 7) is 7.85. The van der Waals surface area contributed by atoms with Gasteiger partial charge in [0.1, 0.15) is 12.4 Å². The smallest absolute Gasteiger partial charge is 0.262 e. The van der Waals surface area contributed by atoms with Gasteiger partial charge in [-0.25, -0.2) is 4.98 Å². The van der Waals surface area contributed by atoms with E-state index in [2.05, 4.69) is 48.3 Å². The van der Waals surface area contributed by atoms with Gasteiger partial charge < -0.3 is 5.32 Å². The Hall–Kier alpha value is -3.77. The van der Waals surface area contributed by atoms with Crippen molar-refractivity contribution in [1.29, 1.82) is 0 Å². The molecule has 0 atom stereocenters. The molecule has 0 saturated heterocycles. The topological polar surface area (TPSA) is 67.2 Å².